The van der Waals surface area contributed by atoms with Crippen molar-refractivity contribution in [2.75, 3.05) is 5.75 Å². The molecule has 0 radical (unpaired) electrons. The Morgan fingerprint density at radius 1 is 1.26 bits per heavy atom. The van der Waals surface area contributed by atoms with Gasteiger partial charge in [-0.1, -0.05) is 44.2 Å². The average molecular weight is 293 g/mol. The van der Waals surface area contributed by atoms with Crippen molar-refractivity contribution in [2.45, 2.75) is 31.6 Å². The zero-order chi connectivity index (χ0) is 13.7. The number of hydrogen-bond acceptors (Lipinski definition) is 4. The molecule has 102 valence electrons. The number of thiazole rings is 1. The Kier molecular flexibility index (Phi) is 5.43. The van der Waals surface area contributed by atoms with Crippen LogP contribution in [0.5, 0.6) is 0 Å². The molecule has 0 bridgehead atoms. The lowest BCUT2D eigenvalue weighted by Crippen LogP contribution is -2.14. The summed E-state index contributed by atoms with van der Waals surface area (Å²) in [6.07, 6.45) is 0.346. The number of aromatic nitrogens is 1. The fourth-order valence-corrected chi connectivity index (χ4v) is 3.31. The second kappa shape index (κ2) is 7.08. The van der Waals surface area contributed by atoms with E-state index in [0.29, 0.717) is 11.7 Å². The topological polar surface area (TPSA) is 33.1 Å². The van der Waals surface area contributed by atoms with Crippen LogP contribution in [0.2, 0.25) is 0 Å². The number of nitrogens with zero attached hydrogens (tertiary/aromatic N) is 1. The van der Waals surface area contributed by atoms with Gasteiger partial charge in [0.15, 0.2) is 0 Å². The van der Waals surface area contributed by atoms with E-state index in [4.69, 9.17) is 0 Å². The molecule has 1 aromatic carbocycles. The number of aliphatic hydroxyl groups is 1. The van der Waals surface area contributed by atoms with Gasteiger partial charge in [-0.15, -0.1) is 11.3 Å². The van der Waals surface area contributed by atoms with E-state index in [1.54, 1.807) is 23.1 Å². The second-order valence-corrected chi connectivity index (χ2v) is 7.28. The zero-order valence-electron chi connectivity index (χ0n) is 11.2. The lowest BCUT2D eigenvalue weighted by Gasteiger charge is -2.10. The third-order valence-corrected chi connectivity index (χ3v) is 4.77. The van der Waals surface area contributed by atoms with Gasteiger partial charge >= 0.3 is 0 Å². The molecule has 0 amide bonds. The van der Waals surface area contributed by atoms with Crippen molar-refractivity contribution < 1.29 is 5.11 Å². The quantitative estimate of drug-likeness (QED) is 0.878. The van der Waals surface area contributed by atoms with Gasteiger partial charge in [-0.2, -0.15) is 11.8 Å². The normalized spacial score (nSPS) is 12.8. The van der Waals surface area contributed by atoms with Gasteiger partial charge in [0.25, 0.3) is 0 Å². The highest BCUT2D eigenvalue weighted by Gasteiger charge is 2.11. The Hall–Kier alpha value is -0.840. The van der Waals surface area contributed by atoms with Gasteiger partial charge in [0.1, 0.15) is 0 Å². The molecule has 1 atom stereocenters. The first-order valence-corrected chi connectivity index (χ1v) is 8.37. The van der Waals surface area contributed by atoms with Crippen molar-refractivity contribution in [1.29, 1.82) is 0 Å². The van der Waals surface area contributed by atoms with Gasteiger partial charge in [0.05, 0.1) is 16.8 Å². The summed E-state index contributed by atoms with van der Waals surface area (Å²) >= 11 is 3.42. The van der Waals surface area contributed by atoms with Crippen LogP contribution in [0.3, 0.4) is 0 Å². The summed E-state index contributed by atoms with van der Waals surface area (Å²) in [4.78, 5) is 4.60. The SMILES string of the molecule is CC(C)SCC(O)Cc1nc(-c2ccccc2)cs1. The van der Waals surface area contributed by atoms with E-state index in [2.05, 4.69) is 36.3 Å². The third-order valence-electron chi connectivity index (χ3n) is 2.65. The fraction of sp³-hybridized carbons (Fsp3) is 0.400. The van der Waals surface area contributed by atoms with Gasteiger partial charge in [-0.3, -0.25) is 0 Å². The molecule has 2 rings (SSSR count). The maximum atomic E-state index is 9.98. The monoisotopic (exact) mass is 293 g/mol. The zero-order valence-corrected chi connectivity index (χ0v) is 12.9. The summed E-state index contributed by atoms with van der Waals surface area (Å²) in [6.45, 7) is 4.29. The average Bonchev–Trinajstić information content (AvgIpc) is 2.86. The van der Waals surface area contributed by atoms with Crippen LogP contribution in [0.25, 0.3) is 11.3 Å². The molecule has 0 saturated carbocycles. The summed E-state index contributed by atoms with van der Waals surface area (Å²) in [5, 5.41) is 13.6. The number of benzene rings is 1. The summed E-state index contributed by atoms with van der Waals surface area (Å²) in [7, 11) is 0. The molecule has 2 aromatic rings. The minimum atomic E-state index is -0.304. The molecule has 1 N–H and O–H groups in total. The Bertz CT molecular complexity index is 496. The largest absolute Gasteiger partial charge is 0.392 e. The van der Waals surface area contributed by atoms with Crippen LogP contribution in [0.1, 0.15) is 18.9 Å². The van der Waals surface area contributed by atoms with Gasteiger partial charge in [-0.25, -0.2) is 4.98 Å². The van der Waals surface area contributed by atoms with Crippen LogP contribution in [0.15, 0.2) is 35.7 Å². The molecular formula is C15H19NOS2. The summed E-state index contributed by atoms with van der Waals surface area (Å²) in [6, 6.07) is 10.2. The number of aliphatic hydroxyl groups excluding tert-OH is 1. The Labute approximate surface area is 122 Å². The molecule has 2 nitrogen and oxygen atoms in total. The summed E-state index contributed by atoms with van der Waals surface area (Å²) < 4.78 is 0. The highest BCUT2D eigenvalue weighted by molar-refractivity contribution is 7.99. The minimum Gasteiger partial charge on any atom is -0.392 e. The second-order valence-electron chi connectivity index (χ2n) is 4.73. The van der Waals surface area contributed by atoms with Crippen LogP contribution in [0, 0.1) is 0 Å². The van der Waals surface area contributed by atoms with E-state index in [-0.39, 0.29) is 6.10 Å². The minimum absolute atomic E-state index is 0.304. The number of rotatable bonds is 6. The van der Waals surface area contributed by atoms with Crippen LogP contribution >= 0.6 is 23.1 Å². The fourth-order valence-electron chi connectivity index (χ4n) is 1.71. The van der Waals surface area contributed by atoms with E-state index in [0.717, 1.165) is 22.0 Å². The van der Waals surface area contributed by atoms with Crippen molar-refractivity contribution in [1.82, 2.24) is 4.98 Å². The third kappa shape index (κ3) is 4.64. The van der Waals surface area contributed by atoms with Crippen molar-refractivity contribution in [3.05, 3.63) is 40.7 Å². The molecular weight excluding hydrogens is 274 g/mol. The van der Waals surface area contributed by atoms with Crippen LogP contribution in [-0.4, -0.2) is 27.2 Å². The van der Waals surface area contributed by atoms with E-state index >= 15 is 0 Å². The van der Waals surface area contributed by atoms with Crippen molar-refractivity contribution in [2.24, 2.45) is 0 Å². The predicted octanol–water partition coefficient (Wildman–Crippen LogP) is 3.86. The lowest BCUT2D eigenvalue weighted by molar-refractivity contribution is 0.200. The van der Waals surface area contributed by atoms with E-state index in [9.17, 15) is 5.11 Å². The molecule has 1 aromatic heterocycles. The van der Waals surface area contributed by atoms with E-state index in [1.807, 2.05) is 18.2 Å². The smallest absolute Gasteiger partial charge is 0.0958 e. The number of thioether (sulfide) groups is 1. The van der Waals surface area contributed by atoms with E-state index < -0.39 is 0 Å². The molecule has 19 heavy (non-hydrogen) atoms. The predicted molar refractivity (Wildman–Crippen MR) is 84.9 cm³/mol. The van der Waals surface area contributed by atoms with Gasteiger partial charge in [0, 0.05) is 23.1 Å². The highest BCUT2D eigenvalue weighted by Crippen LogP contribution is 2.23. The highest BCUT2D eigenvalue weighted by atomic mass is 32.2. The number of hydrogen-bond donors (Lipinski definition) is 1. The Balaban J connectivity index is 1.94. The van der Waals surface area contributed by atoms with Crippen molar-refractivity contribution in [3.63, 3.8) is 0 Å². The Morgan fingerprint density at radius 3 is 2.68 bits per heavy atom. The van der Waals surface area contributed by atoms with E-state index in [1.165, 1.54) is 0 Å². The first-order valence-electron chi connectivity index (χ1n) is 6.44. The van der Waals surface area contributed by atoms with Gasteiger partial charge in [-0.05, 0) is 5.25 Å². The maximum Gasteiger partial charge on any atom is 0.0958 e. The maximum absolute atomic E-state index is 9.98. The Morgan fingerprint density at radius 2 is 2.00 bits per heavy atom. The molecule has 0 aliphatic carbocycles. The molecule has 0 spiro atoms. The molecule has 0 aliphatic rings. The first-order chi connectivity index (χ1) is 9.15. The van der Waals surface area contributed by atoms with Crippen molar-refractivity contribution in [3.8, 4) is 11.3 Å². The molecule has 0 aliphatic heterocycles. The molecule has 0 saturated heterocycles. The lowest BCUT2D eigenvalue weighted by atomic mass is 10.2. The summed E-state index contributed by atoms with van der Waals surface area (Å²) in [5.41, 5.74) is 2.14. The molecule has 4 heteroatoms. The molecule has 1 unspecified atom stereocenters. The summed E-state index contributed by atoms with van der Waals surface area (Å²) in [5.74, 6) is 0.776. The van der Waals surface area contributed by atoms with Crippen LogP contribution < -0.4 is 0 Å². The van der Waals surface area contributed by atoms with Crippen LogP contribution in [0.4, 0.5) is 0 Å². The van der Waals surface area contributed by atoms with Crippen LogP contribution in [-0.2, 0) is 6.42 Å². The first kappa shape index (κ1) is 14.6. The molecule has 0 fully saturated rings. The van der Waals surface area contributed by atoms with Crippen molar-refractivity contribution >= 4 is 23.1 Å². The molecule has 1 heterocycles. The van der Waals surface area contributed by atoms with Gasteiger partial charge < -0.3 is 5.11 Å². The standard InChI is InChI=1S/C15H19NOS2/c1-11(2)18-9-13(17)8-15-16-14(10-19-15)12-6-4-3-5-7-12/h3-7,10-11,13,17H,8-9H2,1-2H3. The van der Waals surface area contributed by atoms with Gasteiger partial charge in [0.2, 0.25) is 0 Å².